The summed E-state index contributed by atoms with van der Waals surface area (Å²) in [6.07, 6.45) is 6.01. The normalized spacial score (nSPS) is 15.5. The molecule has 2 N–H and O–H groups in total. The van der Waals surface area contributed by atoms with Gasteiger partial charge in [0.2, 0.25) is 5.13 Å². The molecule has 6 nitrogen and oxygen atoms in total. The molecular weight excluding hydrogens is 348 g/mol. The molecule has 1 aromatic carbocycles. The summed E-state index contributed by atoms with van der Waals surface area (Å²) in [5.41, 5.74) is 7.98. The zero-order chi connectivity index (χ0) is 18.2. The fourth-order valence-corrected chi connectivity index (χ4v) is 3.84. The van der Waals surface area contributed by atoms with Gasteiger partial charge in [0.15, 0.2) is 0 Å². The second-order valence-electron chi connectivity index (χ2n) is 6.60. The first kappa shape index (κ1) is 19.1. The summed E-state index contributed by atoms with van der Waals surface area (Å²) >= 11 is 1.41. The van der Waals surface area contributed by atoms with E-state index in [2.05, 4.69) is 39.4 Å². The van der Waals surface area contributed by atoms with E-state index in [9.17, 15) is 0 Å². The molecular formula is C19H28N4O2S. The van der Waals surface area contributed by atoms with Crippen molar-refractivity contribution in [3.8, 4) is 10.6 Å². The molecule has 0 atom stereocenters. The minimum Gasteiger partial charge on any atom is -0.385 e. The Morgan fingerprint density at radius 1 is 1.08 bits per heavy atom. The van der Waals surface area contributed by atoms with Crippen molar-refractivity contribution in [1.82, 2.24) is 10.2 Å². The lowest BCUT2D eigenvalue weighted by molar-refractivity contribution is 0.0341. The van der Waals surface area contributed by atoms with Gasteiger partial charge >= 0.3 is 0 Å². The standard InChI is InChI=1S/C19H28N4O2S/c1-24-13-3-2-4-14-25-17-9-11-23(12-10-17)16-7-5-15(6-8-16)18-21-22-19(20)26-18/h5-8,17H,2-4,9-14H2,1H3,(H2,20,22). The number of aromatic nitrogens is 2. The molecule has 0 bridgehead atoms. The summed E-state index contributed by atoms with van der Waals surface area (Å²) in [7, 11) is 1.75. The van der Waals surface area contributed by atoms with E-state index in [1.54, 1.807) is 7.11 Å². The Labute approximate surface area is 159 Å². The number of piperidine rings is 1. The molecule has 26 heavy (non-hydrogen) atoms. The van der Waals surface area contributed by atoms with Crippen LogP contribution in [-0.4, -0.2) is 49.7 Å². The van der Waals surface area contributed by atoms with Crippen LogP contribution in [0.2, 0.25) is 0 Å². The van der Waals surface area contributed by atoms with Gasteiger partial charge in [0.05, 0.1) is 6.10 Å². The largest absolute Gasteiger partial charge is 0.385 e. The number of hydrogen-bond acceptors (Lipinski definition) is 7. The highest BCUT2D eigenvalue weighted by molar-refractivity contribution is 7.18. The summed E-state index contributed by atoms with van der Waals surface area (Å²) in [4.78, 5) is 2.43. The van der Waals surface area contributed by atoms with Crippen LogP contribution in [0, 0.1) is 0 Å². The molecule has 0 radical (unpaired) electrons. The monoisotopic (exact) mass is 376 g/mol. The Morgan fingerprint density at radius 2 is 1.81 bits per heavy atom. The highest BCUT2D eigenvalue weighted by Crippen LogP contribution is 2.28. The van der Waals surface area contributed by atoms with Crippen LogP contribution in [-0.2, 0) is 9.47 Å². The summed E-state index contributed by atoms with van der Waals surface area (Å²) in [5.74, 6) is 0. The van der Waals surface area contributed by atoms with Gasteiger partial charge in [0.25, 0.3) is 0 Å². The maximum absolute atomic E-state index is 6.03. The highest BCUT2D eigenvalue weighted by Gasteiger charge is 2.20. The molecule has 7 heteroatoms. The Balaban J connectivity index is 1.40. The highest BCUT2D eigenvalue weighted by atomic mass is 32.1. The second-order valence-corrected chi connectivity index (χ2v) is 7.61. The summed E-state index contributed by atoms with van der Waals surface area (Å²) in [6.45, 7) is 3.80. The van der Waals surface area contributed by atoms with Crippen LogP contribution in [0.15, 0.2) is 24.3 Å². The van der Waals surface area contributed by atoms with Crippen LogP contribution in [0.3, 0.4) is 0 Å². The molecule has 3 rings (SSSR count). The number of nitrogens with two attached hydrogens (primary N) is 1. The predicted octanol–water partition coefficient (Wildman–Crippen LogP) is 3.59. The van der Waals surface area contributed by atoms with Gasteiger partial charge in [-0.25, -0.2) is 0 Å². The number of unbranched alkanes of at least 4 members (excludes halogenated alkanes) is 2. The van der Waals surface area contributed by atoms with Crippen LogP contribution >= 0.6 is 11.3 Å². The van der Waals surface area contributed by atoms with E-state index in [1.165, 1.54) is 23.4 Å². The van der Waals surface area contributed by atoms with E-state index in [4.69, 9.17) is 15.2 Å². The number of nitrogen functional groups attached to an aromatic ring is 1. The average Bonchev–Trinajstić information content (AvgIpc) is 3.12. The minimum absolute atomic E-state index is 0.400. The molecule has 142 valence electrons. The molecule has 0 spiro atoms. The maximum Gasteiger partial charge on any atom is 0.203 e. The van der Waals surface area contributed by atoms with Crippen molar-refractivity contribution in [2.24, 2.45) is 0 Å². The van der Waals surface area contributed by atoms with E-state index >= 15 is 0 Å². The van der Waals surface area contributed by atoms with Gasteiger partial charge in [-0.1, -0.05) is 11.3 Å². The Hall–Kier alpha value is -1.70. The molecule has 1 aliphatic heterocycles. The molecule has 2 heterocycles. The van der Waals surface area contributed by atoms with Gasteiger partial charge in [-0.2, -0.15) is 0 Å². The molecule has 1 aromatic heterocycles. The zero-order valence-corrected chi connectivity index (χ0v) is 16.2. The zero-order valence-electron chi connectivity index (χ0n) is 15.4. The fourth-order valence-electron chi connectivity index (χ4n) is 3.22. The van der Waals surface area contributed by atoms with E-state index in [-0.39, 0.29) is 0 Å². The van der Waals surface area contributed by atoms with Gasteiger partial charge in [0, 0.05) is 44.7 Å². The van der Waals surface area contributed by atoms with E-state index in [1.807, 2.05) is 0 Å². The summed E-state index contributed by atoms with van der Waals surface area (Å²) in [5, 5.41) is 9.34. The molecule has 1 fully saturated rings. The van der Waals surface area contributed by atoms with Gasteiger partial charge < -0.3 is 20.1 Å². The molecule has 1 saturated heterocycles. The Kier molecular flexibility index (Phi) is 7.22. The molecule has 0 aliphatic carbocycles. The van der Waals surface area contributed by atoms with Crippen molar-refractivity contribution in [3.63, 3.8) is 0 Å². The number of benzene rings is 1. The lowest BCUT2D eigenvalue weighted by Crippen LogP contribution is -2.37. The molecule has 1 aliphatic rings. The first-order valence-electron chi connectivity index (χ1n) is 9.31. The van der Waals surface area contributed by atoms with Crippen molar-refractivity contribution in [2.75, 3.05) is 44.0 Å². The van der Waals surface area contributed by atoms with Crippen LogP contribution in [0.25, 0.3) is 10.6 Å². The molecule has 0 unspecified atom stereocenters. The van der Waals surface area contributed by atoms with Crippen LogP contribution < -0.4 is 10.6 Å². The van der Waals surface area contributed by atoms with Gasteiger partial charge in [-0.05, 0) is 56.4 Å². The fraction of sp³-hybridized carbons (Fsp3) is 0.579. The van der Waals surface area contributed by atoms with E-state index < -0.39 is 0 Å². The number of methoxy groups -OCH3 is 1. The van der Waals surface area contributed by atoms with Gasteiger partial charge in [0.1, 0.15) is 5.01 Å². The topological polar surface area (TPSA) is 73.5 Å². The summed E-state index contributed by atoms with van der Waals surface area (Å²) in [6, 6.07) is 8.50. The minimum atomic E-state index is 0.400. The number of rotatable bonds is 9. The van der Waals surface area contributed by atoms with Crippen molar-refractivity contribution in [2.45, 2.75) is 38.2 Å². The van der Waals surface area contributed by atoms with Crippen molar-refractivity contribution in [3.05, 3.63) is 24.3 Å². The quantitative estimate of drug-likeness (QED) is 0.674. The van der Waals surface area contributed by atoms with Crippen LogP contribution in [0.5, 0.6) is 0 Å². The number of nitrogens with zero attached hydrogens (tertiary/aromatic N) is 3. The van der Waals surface area contributed by atoms with Gasteiger partial charge in [-0.15, -0.1) is 10.2 Å². The molecule has 2 aromatic rings. The molecule has 0 saturated carbocycles. The van der Waals surface area contributed by atoms with Crippen LogP contribution in [0.4, 0.5) is 10.8 Å². The average molecular weight is 377 g/mol. The molecule has 0 amide bonds. The Bertz CT molecular complexity index is 654. The lowest BCUT2D eigenvalue weighted by Gasteiger charge is -2.33. The van der Waals surface area contributed by atoms with E-state index in [0.717, 1.165) is 62.6 Å². The van der Waals surface area contributed by atoms with Crippen molar-refractivity contribution >= 4 is 22.2 Å². The smallest absolute Gasteiger partial charge is 0.203 e. The number of hydrogen-bond donors (Lipinski definition) is 1. The van der Waals surface area contributed by atoms with Crippen molar-refractivity contribution < 1.29 is 9.47 Å². The number of ether oxygens (including phenoxy) is 2. The summed E-state index contributed by atoms with van der Waals surface area (Å²) < 4.78 is 11.1. The number of anilines is 2. The third kappa shape index (κ3) is 5.40. The predicted molar refractivity (Wildman–Crippen MR) is 107 cm³/mol. The maximum atomic E-state index is 6.03. The first-order chi connectivity index (χ1) is 12.8. The van der Waals surface area contributed by atoms with Crippen LogP contribution in [0.1, 0.15) is 32.1 Å². The SMILES string of the molecule is COCCCCCOC1CCN(c2ccc(-c3nnc(N)s3)cc2)CC1. The van der Waals surface area contributed by atoms with E-state index in [0.29, 0.717) is 11.2 Å². The van der Waals surface area contributed by atoms with Gasteiger partial charge in [-0.3, -0.25) is 0 Å². The van der Waals surface area contributed by atoms with Crippen molar-refractivity contribution in [1.29, 1.82) is 0 Å². The third-order valence-corrected chi connectivity index (χ3v) is 5.51. The Morgan fingerprint density at radius 3 is 2.46 bits per heavy atom. The first-order valence-corrected chi connectivity index (χ1v) is 10.1. The second kappa shape index (κ2) is 9.85. The lowest BCUT2D eigenvalue weighted by atomic mass is 10.1. The third-order valence-electron chi connectivity index (χ3n) is 4.71.